The molecule has 1 unspecified atom stereocenters. The Hall–Kier alpha value is -1.09. The van der Waals surface area contributed by atoms with Gasteiger partial charge in [0.25, 0.3) is 0 Å². The van der Waals surface area contributed by atoms with E-state index in [0.29, 0.717) is 12.8 Å². The van der Waals surface area contributed by atoms with E-state index >= 15 is 0 Å². The molecule has 0 saturated heterocycles. The lowest BCUT2D eigenvalue weighted by atomic mass is 9.90. The van der Waals surface area contributed by atoms with E-state index in [1.165, 1.54) is 0 Å². The quantitative estimate of drug-likeness (QED) is 0.765. The summed E-state index contributed by atoms with van der Waals surface area (Å²) < 4.78 is 23.8. The van der Waals surface area contributed by atoms with Gasteiger partial charge in [0.05, 0.1) is 17.2 Å². The predicted octanol–water partition coefficient (Wildman–Crippen LogP) is 1.84. The number of sulfone groups is 1. The van der Waals surface area contributed by atoms with Crippen LogP contribution in [0.5, 0.6) is 0 Å². The van der Waals surface area contributed by atoms with Gasteiger partial charge in [-0.2, -0.15) is 5.26 Å². The van der Waals surface area contributed by atoms with E-state index < -0.39 is 32.4 Å². The van der Waals surface area contributed by atoms with E-state index in [-0.39, 0.29) is 5.75 Å². The Labute approximate surface area is 109 Å². The van der Waals surface area contributed by atoms with Gasteiger partial charge in [0.1, 0.15) is 0 Å². The molecular weight excluding hydrogens is 254 g/mol. The molecule has 0 spiro atoms. The van der Waals surface area contributed by atoms with E-state index in [1.54, 1.807) is 27.7 Å². The lowest BCUT2D eigenvalue weighted by Crippen LogP contribution is -2.36. The third-order valence-corrected chi connectivity index (χ3v) is 5.15. The van der Waals surface area contributed by atoms with E-state index in [2.05, 4.69) is 6.07 Å². The maximum absolute atomic E-state index is 11.9. The molecule has 1 N–H and O–H groups in total. The number of carboxylic acids is 1. The minimum absolute atomic E-state index is 0.187. The molecule has 0 fully saturated rings. The van der Waals surface area contributed by atoms with Crippen LogP contribution in [0.3, 0.4) is 0 Å². The highest BCUT2D eigenvalue weighted by atomic mass is 32.2. The van der Waals surface area contributed by atoms with Crippen LogP contribution in [0, 0.1) is 22.7 Å². The van der Waals surface area contributed by atoms with Gasteiger partial charge in [-0.1, -0.05) is 13.8 Å². The first-order valence-corrected chi connectivity index (χ1v) is 7.60. The minimum atomic E-state index is -3.66. The molecule has 0 rings (SSSR count). The zero-order chi connectivity index (χ0) is 14.6. The Morgan fingerprint density at radius 1 is 1.39 bits per heavy atom. The van der Waals surface area contributed by atoms with Crippen LogP contribution >= 0.6 is 0 Å². The highest BCUT2D eigenvalue weighted by molar-refractivity contribution is 7.92. The van der Waals surface area contributed by atoms with Crippen LogP contribution in [0.2, 0.25) is 0 Å². The van der Waals surface area contributed by atoms with E-state index in [4.69, 9.17) is 10.4 Å². The smallest absolute Gasteiger partial charge is 0.322 e. The maximum Gasteiger partial charge on any atom is 0.322 e. The molecular formula is C12H21NO4S. The van der Waals surface area contributed by atoms with Crippen LogP contribution in [0.4, 0.5) is 0 Å². The highest BCUT2D eigenvalue weighted by Gasteiger charge is 2.35. The standard InChI is InChI=1S/C12H21NO4S/c1-9(2)10(11(14)15)18(16,17)7-5-6-12(3,4)8-13/h9-10H,5-7H2,1-4H3,(H,14,15). The second kappa shape index (κ2) is 6.19. The van der Waals surface area contributed by atoms with Crippen molar-refractivity contribution in [3.05, 3.63) is 0 Å². The summed E-state index contributed by atoms with van der Waals surface area (Å²) in [6.07, 6.45) is 0.743. The first-order chi connectivity index (χ1) is 8.03. The minimum Gasteiger partial charge on any atom is -0.480 e. The number of carboxylic acid groups (broad SMARTS) is 1. The molecule has 0 aromatic carbocycles. The molecule has 0 heterocycles. The van der Waals surface area contributed by atoms with E-state index in [1.807, 2.05) is 0 Å². The zero-order valence-corrected chi connectivity index (χ0v) is 12.1. The number of nitrogens with zero attached hydrogens (tertiary/aromatic N) is 1. The predicted molar refractivity (Wildman–Crippen MR) is 68.7 cm³/mol. The molecule has 0 aliphatic heterocycles. The van der Waals surface area contributed by atoms with Crippen molar-refractivity contribution in [3.8, 4) is 6.07 Å². The Bertz CT molecular complexity index is 431. The molecule has 1 atom stereocenters. The number of rotatable bonds is 7. The number of hydrogen-bond acceptors (Lipinski definition) is 4. The Morgan fingerprint density at radius 3 is 2.22 bits per heavy atom. The van der Waals surface area contributed by atoms with Crippen molar-refractivity contribution >= 4 is 15.8 Å². The summed E-state index contributed by atoms with van der Waals surface area (Å²) in [5.41, 5.74) is -0.577. The van der Waals surface area contributed by atoms with Gasteiger partial charge in [-0.15, -0.1) is 0 Å². The molecule has 104 valence electrons. The van der Waals surface area contributed by atoms with Crippen LogP contribution in [-0.2, 0) is 14.6 Å². The SMILES string of the molecule is CC(C)C(C(=O)O)S(=O)(=O)CCCC(C)(C)C#N. The van der Waals surface area contributed by atoms with Gasteiger partial charge in [-0.25, -0.2) is 8.42 Å². The molecule has 0 aliphatic carbocycles. The fourth-order valence-electron chi connectivity index (χ4n) is 1.75. The van der Waals surface area contributed by atoms with Gasteiger partial charge in [0, 0.05) is 0 Å². The summed E-state index contributed by atoms with van der Waals surface area (Å²) in [5, 5.41) is 16.4. The van der Waals surface area contributed by atoms with Crippen LogP contribution in [0.1, 0.15) is 40.5 Å². The van der Waals surface area contributed by atoms with Crippen molar-refractivity contribution in [1.82, 2.24) is 0 Å². The van der Waals surface area contributed by atoms with Crippen LogP contribution in [0.15, 0.2) is 0 Å². The van der Waals surface area contributed by atoms with Crippen LogP contribution in [0.25, 0.3) is 0 Å². The van der Waals surface area contributed by atoms with Gasteiger partial charge in [0.15, 0.2) is 15.1 Å². The molecule has 0 aliphatic rings. The summed E-state index contributed by atoms with van der Waals surface area (Å²) in [7, 11) is -3.66. The monoisotopic (exact) mass is 275 g/mol. The van der Waals surface area contributed by atoms with Crippen molar-refractivity contribution in [1.29, 1.82) is 5.26 Å². The lowest BCUT2D eigenvalue weighted by molar-refractivity contribution is -0.137. The Morgan fingerprint density at radius 2 is 1.89 bits per heavy atom. The number of aliphatic carboxylic acids is 1. The van der Waals surface area contributed by atoms with Crippen molar-refractivity contribution in [2.75, 3.05) is 5.75 Å². The number of nitriles is 1. The molecule has 18 heavy (non-hydrogen) atoms. The zero-order valence-electron chi connectivity index (χ0n) is 11.3. The molecule has 0 saturated carbocycles. The first-order valence-electron chi connectivity index (χ1n) is 5.89. The fraction of sp³-hybridized carbons (Fsp3) is 0.833. The second-order valence-electron chi connectivity index (χ2n) is 5.47. The summed E-state index contributed by atoms with van der Waals surface area (Å²) in [5.74, 6) is -1.95. The third kappa shape index (κ3) is 5.05. The average molecular weight is 275 g/mol. The van der Waals surface area contributed by atoms with Gasteiger partial charge >= 0.3 is 5.97 Å². The van der Waals surface area contributed by atoms with Crippen molar-refractivity contribution in [3.63, 3.8) is 0 Å². The normalized spacial score (nSPS) is 14.2. The van der Waals surface area contributed by atoms with E-state index in [0.717, 1.165) is 0 Å². The molecule has 0 amide bonds. The number of carbonyl (C=O) groups is 1. The molecule has 0 aromatic rings. The number of hydrogen-bond donors (Lipinski definition) is 1. The third-order valence-electron chi connectivity index (χ3n) is 2.77. The summed E-state index contributed by atoms with van der Waals surface area (Å²) in [6, 6.07) is 2.09. The second-order valence-corrected chi connectivity index (χ2v) is 7.71. The summed E-state index contributed by atoms with van der Waals surface area (Å²) >= 11 is 0. The molecule has 5 nitrogen and oxygen atoms in total. The van der Waals surface area contributed by atoms with Gasteiger partial charge < -0.3 is 5.11 Å². The maximum atomic E-state index is 11.9. The Kier molecular flexibility index (Phi) is 5.81. The molecule has 6 heteroatoms. The van der Waals surface area contributed by atoms with E-state index in [9.17, 15) is 13.2 Å². The van der Waals surface area contributed by atoms with Crippen LogP contribution in [-0.4, -0.2) is 30.5 Å². The van der Waals surface area contributed by atoms with Crippen molar-refractivity contribution in [2.45, 2.75) is 45.8 Å². The van der Waals surface area contributed by atoms with Gasteiger partial charge in [-0.05, 0) is 32.6 Å². The average Bonchev–Trinajstić information content (AvgIpc) is 2.14. The molecule has 0 aromatic heterocycles. The first kappa shape index (κ1) is 16.9. The van der Waals surface area contributed by atoms with Gasteiger partial charge in [0.2, 0.25) is 0 Å². The Balaban J connectivity index is 4.68. The van der Waals surface area contributed by atoms with Crippen LogP contribution < -0.4 is 0 Å². The molecule has 0 bridgehead atoms. The fourth-order valence-corrected chi connectivity index (χ4v) is 3.69. The largest absolute Gasteiger partial charge is 0.480 e. The molecule has 0 radical (unpaired) electrons. The van der Waals surface area contributed by atoms with Crippen molar-refractivity contribution in [2.24, 2.45) is 11.3 Å². The topological polar surface area (TPSA) is 95.2 Å². The van der Waals surface area contributed by atoms with Crippen molar-refractivity contribution < 1.29 is 18.3 Å². The lowest BCUT2D eigenvalue weighted by Gasteiger charge is -2.18. The van der Waals surface area contributed by atoms with Gasteiger partial charge in [-0.3, -0.25) is 4.79 Å². The summed E-state index contributed by atoms with van der Waals surface area (Å²) in [6.45, 7) is 6.62. The summed E-state index contributed by atoms with van der Waals surface area (Å²) in [4.78, 5) is 11.0. The highest BCUT2D eigenvalue weighted by Crippen LogP contribution is 2.22.